The largest absolute Gasteiger partial charge is 0.478 e. The quantitative estimate of drug-likeness (QED) is 0.690. The Morgan fingerprint density at radius 2 is 2.07 bits per heavy atom. The Kier molecular flexibility index (Phi) is 3.22. The van der Waals surface area contributed by atoms with Crippen molar-refractivity contribution in [1.29, 1.82) is 0 Å². The fourth-order valence-corrected chi connectivity index (χ4v) is 0.960. The lowest BCUT2D eigenvalue weighted by atomic mass is 10.2. The Bertz CT molecular complexity index is 406. The third kappa shape index (κ3) is 2.67. The number of urea groups is 1. The first-order valence-corrected chi connectivity index (χ1v) is 4.06. The van der Waals surface area contributed by atoms with Gasteiger partial charge in [0, 0.05) is 12.7 Å². The van der Waals surface area contributed by atoms with Gasteiger partial charge in [0.05, 0.1) is 5.56 Å². The van der Waals surface area contributed by atoms with Crippen molar-refractivity contribution in [2.45, 2.75) is 0 Å². The van der Waals surface area contributed by atoms with E-state index >= 15 is 0 Å². The van der Waals surface area contributed by atoms with E-state index in [1.807, 2.05) is 0 Å². The van der Waals surface area contributed by atoms with Gasteiger partial charge in [-0.3, -0.25) is 0 Å². The minimum atomic E-state index is -1.35. The second-order valence-corrected chi connectivity index (χ2v) is 2.70. The van der Waals surface area contributed by atoms with Crippen LogP contribution >= 0.6 is 0 Å². The third-order valence-corrected chi connectivity index (χ3v) is 1.68. The predicted molar refractivity (Wildman–Crippen MR) is 51.4 cm³/mol. The molecule has 0 radical (unpaired) electrons. The van der Waals surface area contributed by atoms with Gasteiger partial charge in [-0.05, 0) is 18.2 Å². The van der Waals surface area contributed by atoms with Gasteiger partial charge in [-0.1, -0.05) is 0 Å². The zero-order chi connectivity index (χ0) is 11.4. The maximum absolute atomic E-state index is 13.1. The molecule has 0 fully saturated rings. The molecule has 0 bridgehead atoms. The first kappa shape index (κ1) is 11.0. The van der Waals surface area contributed by atoms with E-state index in [4.69, 9.17) is 5.11 Å². The molecule has 1 aromatic carbocycles. The van der Waals surface area contributed by atoms with Crippen LogP contribution in [0.3, 0.4) is 0 Å². The molecule has 1 aromatic rings. The van der Waals surface area contributed by atoms with Crippen LogP contribution in [-0.4, -0.2) is 24.2 Å². The number of anilines is 1. The highest BCUT2D eigenvalue weighted by Crippen LogP contribution is 2.14. The maximum Gasteiger partial charge on any atom is 0.338 e. The van der Waals surface area contributed by atoms with Crippen LogP contribution in [0.15, 0.2) is 18.2 Å². The highest BCUT2D eigenvalue weighted by molar-refractivity contribution is 5.91. The van der Waals surface area contributed by atoms with Crippen LogP contribution in [0.5, 0.6) is 0 Å². The van der Waals surface area contributed by atoms with Gasteiger partial charge in [0.15, 0.2) is 0 Å². The minimum absolute atomic E-state index is 0.192. The minimum Gasteiger partial charge on any atom is -0.478 e. The Hall–Kier alpha value is -2.11. The van der Waals surface area contributed by atoms with Crippen LogP contribution in [0.25, 0.3) is 0 Å². The van der Waals surface area contributed by atoms with Gasteiger partial charge in [-0.2, -0.15) is 0 Å². The number of aromatic carboxylic acids is 1. The molecule has 0 unspecified atom stereocenters. The van der Waals surface area contributed by atoms with E-state index in [0.29, 0.717) is 0 Å². The van der Waals surface area contributed by atoms with Crippen LogP contribution < -0.4 is 10.6 Å². The van der Waals surface area contributed by atoms with Crippen molar-refractivity contribution in [1.82, 2.24) is 5.32 Å². The summed E-state index contributed by atoms with van der Waals surface area (Å²) < 4.78 is 13.1. The van der Waals surface area contributed by atoms with Crippen molar-refractivity contribution >= 4 is 17.7 Å². The van der Waals surface area contributed by atoms with Crippen molar-refractivity contribution in [2.24, 2.45) is 0 Å². The average molecular weight is 212 g/mol. The van der Waals surface area contributed by atoms with Gasteiger partial charge < -0.3 is 15.7 Å². The molecule has 0 heterocycles. The van der Waals surface area contributed by atoms with Gasteiger partial charge >= 0.3 is 12.0 Å². The highest BCUT2D eigenvalue weighted by atomic mass is 19.1. The number of amides is 2. The van der Waals surface area contributed by atoms with Gasteiger partial charge in [-0.15, -0.1) is 0 Å². The van der Waals surface area contributed by atoms with Gasteiger partial charge in [0.1, 0.15) is 5.82 Å². The lowest BCUT2D eigenvalue weighted by Gasteiger charge is -2.05. The van der Waals surface area contributed by atoms with E-state index in [1.54, 1.807) is 0 Å². The molecule has 2 amide bonds. The first-order chi connectivity index (χ1) is 7.04. The molecule has 3 N–H and O–H groups in total. The van der Waals surface area contributed by atoms with Crippen LogP contribution in [0.1, 0.15) is 10.4 Å². The summed E-state index contributed by atoms with van der Waals surface area (Å²) in [5, 5.41) is 13.1. The van der Waals surface area contributed by atoms with Crippen molar-refractivity contribution in [3.63, 3.8) is 0 Å². The second-order valence-electron chi connectivity index (χ2n) is 2.70. The fraction of sp³-hybridized carbons (Fsp3) is 0.111. The molecule has 0 spiro atoms. The maximum atomic E-state index is 13.1. The van der Waals surface area contributed by atoms with E-state index in [2.05, 4.69) is 10.6 Å². The molecule has 1 rings (SSSR count). The van der Waals surface area contributed by atoms with Gasteiger partial charge in [0.2, 0.25) is 0 Å². The van der Waals surface area contributed by atoms with Crippen LogP contribution in [0.2, 0.25) is 0 Å². The van der Waals surface area contributed by atoms with Crippen molar-refractivity contribution < 1.29 is 19.1 Å². The van der Waals surface area contributed by atoms with Gasteiger partial charge in [0.25, 0.3) is 0 Å². The molecular weight excluding hydrogens is 203 g/mol. The molecule has 6 heteroatoms. The van der Waals surface area contributed by atoms with Crippen molar-refractivity contribution in [3.8, 4) is 0 Å². The highest BCUT2D eigenvalue weighted by Gasteiger charge is 2.10. The molecule has 0 saturated carbocycles. The van der Waals surface area contributed by atoms with E-state index < -0.39 is 23.4 Å². The van der Waals surface area contributed by atoms with E-state index in [-0.39, 0.29) is 5.69 Å². The topological polar surface area (TPSA) is 78.4 Å². The van der Waals surface area contributed by atoms with Crippen LogP contribution in [-0.2, 0) is 0 Å². The molecule has 0 saturated heterocycles. The smallest absolute Gasteiger partial charge is 0.338 e. The summed E-state index contributed by atoms with van der Waals surface area (Å²) in [4.78, 5) is 21.3. The van der Waals surface area contributed by atoms with E-state index in [9.17, 15) is 14.0 Å². The molecule has 0 aliphatic rings. The molecular formula is C9H9FN2O3. The van der Waals surface area contributed by atoms with Crippen molar-refractivity contribution in [3.05, 3.63) is 29.6 Å². The molecule has 0 atom stereocenters. The summed E-state index contributed by atoms with van der Waals surface area (Å²) in [6.45, 7) is 0. The molecule has 0 aliphatic heterocycles. The summed E-state index contributed by atoms with van der Waals surface area (Å²) >= 11 is 0. The van der Waals surface area contributed by atoms with Crippen LogP contribution in [0, 0.1) is 5.82 Å². The number of halogens is 1. The summed E-state index contributed by atoms with van der Waals surface area (Å²) in [5.41, 5.74) is -0.241. The number of carboxylic acid groups (broad SMARTS) is 1. The Morgan fingerprint density at radius 3 is 2.53 bits per heavy atom. The monoisotopic (exact) mass is 212 g/mol. The number of benzene rings is 1. The summed E-state index contributed by atoms with van der Waals surface area (Å²) in [6, 6.07) is 2.83. The van der Waals surface area contributed by atoms with Gasteiger partial charge in [-0.25, -0.2) is 14.0 Å². The van der Waals surface area contributed by atoms with E-state index in [1.165, 1.54) is 13.1 Å². The molecule has 5 nitrogen and oxygen atoms in total. The first-order valence-electron chi connectivity index (χ1n) is 4.06. The zero-order valence-electron chi connectivity index (χ0n) is 7.87. The summed E-state index contributed by atoms with van der Waals surface area (Å²) in [5.74, 6) is -2.24. The van der Waals surface area contributed by atoms with Crippen molar-refractivity contribution in [2.75, 3.05) is 12.4 Å². The number of hydrogen-bond acceptors (Lipinski definition) is 2. The summed E-state index contributed by atoms with van der Waals surface area (Å²) in [7, 11) is 1.41. The van der Waals surface area contributed by atoms with E-state index in [0.717, 1.165) is 12.1 Å². The second kappa shape index (κ2) is 4.41. The number of nitrogens with one attached hydrogen (secondary N) is 2. The molecule has 0 aromatic heterocycles. The number of carbonyl (C=O) groups is 2. The number of rotatable bonds is 2. The SMILES string of the molecule is CNC(=O)Nc1ccc(C(=O)O)c(F)c1. The lowest BCUT2D eigenvalue weighted by molar-refractivity contribution is 0.0692. The Morgan fingerprint density at radius 1 is 1.40 bits per heavy atom. The molecule has 15 heavy (non-hydrogen) atoms. The van der Waals surface area contributed by atoms with Crippen LogP contribution in [0.4, 0.5) is 14.9 Å². The molecule has 80 valence electrons. The fourth-order valence-electron chi connectivity index (χ4n) is 0.960. The Labute approximate surface area is 84.9 Å². The predicted octanol–water partition coefficient (Wildman–Crippen LogP) is 1.28. The standard InChI is InChI=1S/C9H9FN2O3/c1-11-9(15)12-5-2-3-6(8(13)14)7(10)4-5/h2-4H,1H3,(H,13,14)(H2,11,12,15). The normalized spacial score (nSPS) is 9.47. The Balaban J connectivity index is 2.91. The molecule has 0 aliphatic carbocycles. The summed E-state index contributed by atoms with van der Waals surface area (Å²) in [6.07, 6.45) is 0. The lowest BCUT2D eigenvalue weighted by Crippen LogP contribution is -2.24. The zero-order valence-corrected chi connectivity index (χ0v) is 7.87. The number of hydrogen-bond donors (Lipinski definition) is 3. The average Bonchev–Trinajstić information content (AvgIpc) is 2.17. The number of carboxylic acids is 1. The third-order valence-electron chi connectivity index (χ3n) is 1.68. The number of carbonyl (C=O) groups excluding carboxylic acids is 1.